The first-order valence-electron chi connectivity index (χ1n) is 7.20. The summed E-state index contributed by atoms with van der Waals surface area (Å²) in [6.45, 7) is 14.1. The summed E-state index contributed by atoms with van der Waals surface area (Å²) >= 11 is 0. The van der Waals surface area contributed by atoms with Gasteiger partial charge in [0.25, 0.3) is 0 Å². The maximum atomic E-state index is 4.43. The van der Waals surface area contributed by atoms with Gasteiger partial charge in [-0.2, -0.15) is 0 Å². The minimum atomic E-state index is 0.398. The highest BCUT2D eigenvalue weighted by Crippen LogP contribution is 2.46. The lowest BCUT2D eigenvalue weighted by Crippen LogP contribution is -2.40. The highest BCUT2D eigenvalue weighted by atomic mass is 15.2. The molecular weight excluding hydrogens is 234 g/mol. The van der Waals surface area contributed by atoms with Gasteiger partial charge in [-0.3, -0.25) is 0 Å². The van der Waals surface area contributed by atoms with E-state index in [1.807, 2.05) is 18.5 Å². The third kappa shape index (κ3) is 3.62. The molecule has 1 aromatic rings. The molecule has 3 nitrogen and oxygen atoms in total. The van der Waals surface area contributed by atoms with Crippen molar-refractivity contribution in [2.24, 2.45) is 10.8 Å². The molecule has 0 bridgehead atoms. The Morgan fingerprint density at radius 2 is 2.00 bits per heavy atom. The molecule has 2 rings (SSSR count). The number of rotatable bonds is 4. The largest absolute Gasteiger partial charge is 0.353 e. The minimum absolute atomic E-state index is 0.398. The van der Waals surface area contributed by atoms with E-state index >= 15 is 0 Å². The molecular formula is C16H27N3. The van der Waals surface area contributed by atoms with Gasteiger partial charge in [0.15, 0.2) is 0 Å². The van der Waals surface area contributed by atoms with Crippen LogP contribution in [0.2, 0.25) is 0 Å². The van der Waals surface area contributed by atoms with Gasteiger partial charge < -0.3 is 9.88 Å². The third-order valence-electron chi connectivity index (χ3n) is 3.93. The lowest BCUT2D eigenvalue weighted by molar-refractivity contribution is 0.105. The number of hydrogen-bond acceptors (Lipinski definition) is 2. The summed E-state index contributed by atoms with van der Waals surface area (Å²) in [6, 6.07) is 0.504. The average molecular weight is 261 g/mol. The number of anilines is 1. The molecule has 0 saturated heterocycles. The van der Waals surface area contributed by atoms with Gasteiger partial charge >= 0.3 is 0 Å². The smallest absolute Gasteiger partial charge is 0.203 e. The van der Waals surface area contributed by atoms with Crippen LogP contribution in [-0.4, -0.2) is 15.6 Å². The summed E-state index contributed by atoms with van der Waals surface area (Å²) in [5.74, 6) is 0.971. The van der Waals surface area contributed by atoms with Crippen LogP contribution in [-0.2, 0) is 6.54 Å². The van der Waals surface area contributed by atoms with Crippen molar-refractivity contribution in [3.05, 3.63) is 25.0 Å². The predicted octanol–water partition coefficient (Wildman–Crippen LogP) is 4.09. The molecule has 19 heavy (non-hydrogen) atoms. The van der Waals surface area contributed by atoms with Crippen molar-refractivity contribution in [3.8, 4) is 0 Å². The summed E-state index contributed by atoms with van der Waals surface area (Å²) in [7, 11) is 0. The van der Waals surface area contributed by atoms with Crippen molar-refractivity contribution < 1.29 is 0 Å². The van der Waals surface area contributed by atoms with E-state index in [1.54, 1.807) is 0 Å². The molecule has 1 aliphatic carbocycles. The first kappa shape index (κ1) is 14.2. The Kier molecular flexibility index (Phi) is 3.75. The lowest BCUT2D eigenvalue weighted by Gasteiger charge is -2.45. The van der Waals surface area contributed by atoms with E-state index in [0.29, 0.717) is 16.9 Å². The summed E-state index contributed by atoms with van der Waals surface area (Å²) in [6.07, 6.45) is 9.46. The number of hydrogen-bond donors (Lipinski definition) is 1. The van der Waals surface area contributed by atoms with E-state index < -0.39 is 0 Å². The van der Waals surface area contributed by atoms with Crippen molar-refractivity contribution in [3.63, 3.8) is 0 Å². The van der Waals surface area contributed by atoms with Crippen LogP contribution in [0.15, 0.2) is 25.0 Å². The Hall–Kier alpha value is -1.25. The number of nitrogens with one attached hydrogen (secondary N) is 1. The molecule has 106 valence electrons. The second-order valence-electron chi connectivity index (χ2n) is 7.45. The van der Waals surface area contributed by atoms with Crippen LogP contribution in [0.1, 0.15) is 47.0 Å². The maximum absolute atomic E-state index is 4.43. The first-order valence-corrected chi connectivity index (χ1v) is 7.20. The molecule has 1 fully saturated rings. The fourth-order valence-electron chi connectivity index (χ4n) is 3.87. The number of imidazole rings is 1. The molecule has 0 radical (unpaired) electrons. The zero-order valence-electron chi connectivity index (χ0n) is 12.7. The number of aromatic nitrogens is 2. The molecule has 0 aromatic carbocycles. The van der Waals surface area contributed by atoms with E-state index in [9.17, 15) is 0 Å². The van der Waals surface area contributed by atoms with E-state index in [4.69, 9.17) is 0 Å². The standard InChI is InChI=1S/C16H27N3/c1-6-8-19-9-7-17-14(19)18-13-10-15(2,3)12-16(4,5)11-13/h6-7,9,13H,1,8,10-12H2,2-5H3,(H,17,18). The number of nitrogens with zero attached hydrogens (tertiary/aromatic N) is 2. The second-order valence-corrected chi connectivity index (χ2v) is 7.45. The lowest BCUT2D eigenvalue weighted by atomic mass is 9.63. The Labute approximate surface area is 117 Å². The minimum Gasteiger partial charge on any atom is -0.353 e. The monoisotopic (exact) mass is 261 g/mol. The maximum Gasteiger partial charge on any atom is 0.203 e. The molecule has 0 spiro atoms. The van der Waals surface area contributed by atoms with E-state index in [1.165, 1.54) is 19.3 Å². The van der Waals surface area contributed by atoms with Gasteiger partial charge in [0.1, 0.15) is 0 Å². The van der Waals surface area contributed by atoms with Crippen molar-refractivity contribution in [1.29, 1.82) is 0 Å². The van der Waals surface area contributed by atoms with Gasteiger partial charge in [0.2, 0.25) is 5.95 Å². The van der Waals surface area contributed by atoms with Gasteiger partial charge in [-0.1, -0.05) is 33.8 Å². The van der Waals surface area contributed by atoms with E-state index in [2.05, 4.69) is 49.1 Å². The molecule has 0 amide bonds. The molecule has 0 atom stereocenters. The fraction of sp³-hybridized carbons (Fsp3) is 0.688. The highest BCUT2D eigenvalue weighted by Gasteiger charge is 2.38. The van der Waals surface area contributed by atoms with Crippen LogP contribution < -0.4 is 5.32 Å². The normalized spacial score (nSPS) is 22.1. The Morgan fingerprint density at radius 3 is 2.58 bits per heavy atom. The van der Waals surface area contributed by atoms with Gasteiger partial charge in [-0.15, -0.1) is 6.58 Å². The summed E-state index contributed by atoms with van der Waals surface area (Å²) < 4.78 is 2.11. The van der Waals surface area contributed by atoms with Crippen LogP contribution >= 0.6 is 0 Å². The van der Waals surface area contributed by atoms with Gasteiger partial charge in [-0.05, 0) is 30.1 Å². The van der Waals surface area contributed by atoms with Crippen molar-refractivity contribution in [1.82, 2.24) is 9.55 Å². The molecule has 1 N–H and O–H groups in total. The number of allylic oxidation sites excluding steroid dienone is 1. The quantitative estimate of drug-likeness (QED) is 0.827. The Morgan fingerprint density at radius 1 is 1.37 bits per heavy atom. The summed E-state index contributed by atoms with van der Waals surface area (Å²) in [5.41, 5.74) is 0.796. The van der Waals surface area contributed by atoms with Crippen molar-refractivity contribution in [2.75, 3.05) is 5.32 Å². The van der Waals surface area contributed by atoms with Gasteiger partial charge in [-0.25, -0.2) is 4.98 Å². The van der Waals surface area contributed by atoms with Crippen LogP contribution in [0, 0.1) is 10.8 Å². The Bertz CT molecular complexity index is 427. The van der Waals surface area contributed by atoms with E-state index in [0.717, 1.165) is 12.5 Å². The van der Waals surface area contributed by atoms with Gasteiger partial charge in [0, 0.05) is 25.0 Å². The van der Waals surface area contributed by atoms with Crippen LogP contribution in [0.25, 0.3) is 0 Å². The highest BCUT2D eigenvalue weighted by molar-refractivity contribution is 5.28. The molecule has 1 aromatic heterocycles. The van der Waals surface area contributed by atoms with Crippen molar-refractivity contribution >= 4 is 5.95 Å². The van der Waals surface area contributed by atoms with Crippen molar-refractivity contribution in [2.45, 2.75) is 59.5 Å². The van der Waals surface area contributed by atoms with Gasteiger partial charge in [0.05, 0.1) is 0 Å². The molecule has 0 unspecified atom stereocenters. The van der Waals surface area contributed by atoms with Crippen LogP contribution in [0.3, 0.4) is 0 Å². The molecule has 0 aliphatic heterocycles. The second kappa shape index (κ2) is 5.03. The zero-order valence-corrected chi connectivity index (χ0v) is 12.7. The summed E-state index contributed by atoms with van der Waals surface area (Å²) in [4.78, 5) is 4.43. The topological polar surface area (TPSA) is 29.9 Å². The third-order valence-corrected chi connectivity index (χ3v) is 3.93. The van der Waals surface area contributed by atoms with E-state index in [-0.39, 0.29) is 0 Å². The summed E-state index contributed by atoms with van der Waals surface area (Å²) in [5, 5.41) is 3.63. The predicted molar refractivity (Wildman–Crippen MR) is 81.2 cm³/mol. The first-order chi connectivity index (χ1) is 8.81. The fourth-order valence-corrected chi connectivity index (χ4v) is 3.87. The van der Waals surface area contributed by atoms with Crippen LogP contribution in [0.5, 0.6) is 0 Å². The van der Waals surface area contributed by atoms with Crippen LogP contribution in [0.4, 0.5) is 5.95 Å². The SMILES string of the molecule is C=CCn1ccnc1NC1CC(C)(C)CC(C)(C)C1. The zero-order chi connectivity index (χ0) is 14.1. The molecule has 1 aliphatic rings. The average Bonchev–Trinajstić information content (AvgIpc) is 2.61. The Balaban J connectivity index is 2.09. The molecule has 1 heterocycles. The molecule has 3 heteroatoms. The molecule has 1 saturated carbocycles.